The maximum Gasteiger partial charge on any atom is 0.203 e. The molecule has 0 bridgehead atoms. The quantitative estimate of drug-likeness (QED) is 0.0411. The first-order valence-electron chi connectivity index (χ1n) is 35.6. The zero-order valence-electron chi connectivity index (χ0n) is 60.4. The van der Waals surface area contributed by atoms with Crippen molar-refractivity contribution in [2.45, 2.75) is 110 Å². The van der Waals surface area contributed by atoms with Gasteiger partial charge >= 0.3 is 0 Å². The molecule has 0 spiro atoms. The highest BCUT2D eigenvalue weighted by Crippen LogP contribution is 2.46. The van der Waals surface area contributed by atoms with Crippen LogP contribution in [0.5, 0.6) is 0 Å². The Bertz CT molecular complexity index is 4860. The van der Waals surface area contributed by atoms with Crippen molar-refractivity contribution >= 4 is 61.3 Å². The summed E-state index contributed by atoms with van der Waals surface area (Å²) < 4.78 is 26.7. The molecule has 0 aromatic heterocycles. The molecule has 3 aliphatic carbocycles. The summed E-state index contributed by atoms with van der Waals surface area (Å²) in [5, 5.41) is 6.93. The topological polar surface area (TPSA) is 136 Å². The van der Waals surface area contributed by atoms with Crippen molar-refractivity contribution in [3.8, 4) is 67.4 Å². The normalized spacial score (nSPS) is 11.3. The summed E-state index contributed by atoms with van der Waals surface area (Å²) in [6.07, 6.45) is 0. The fourth-order valence-corrected chi connectivity index (χ4v) is 14.2. The van der Waals surface area contributed by atoms with E-state index in [2.05, 4.69) is 278 Å². The van der Waals surface area contributed by atoms with Crippen LogP contribution in [0.1, 0.15) is 105 Å². The first kappa shape index (κ1) is 70.2. The number of aryl methyl sites for hydroxylation is 3. The molecule has 12 rings (SSSR count). The largest absolute Gasteiger partial charge is 0.456 e. The van der Waals surface area contributed by atoms with E-state index in [4.69, 9.17) is 30.5 Å². The molecule has 0 saturated carbocycles. The second kappa shape index (κ2) is 31.5. The first-order valence-corrected chi connectivity index (χ1v) is 35.6. The van der Waals surface area contributed by atoms with Gasteiger partial charge in [0.2, 0.25) is 16.1 Å². The minimum absolute atomic E-state index is 0.549. The van der Waals surface area contributed by atoms with E-state index >= 15 is 0 Å². The van der Waals surface area contributed by atoms with Crippen LogP contribution >= 0.6 is 0 Å². The maximum atomic E-state index is 6.58. The molecule has 3 aliphatic heterocycles. The van der Waals surface area contributed by atoms with Gasteiger partial charge in [-0.05, 0) is 222 Å². The zero-order chi connectivity index (χ0) is 69.2. The van der Waals surface area contributed by atoms with E-state index in [9.17, 15) is 0 Å². The molecular weight excluding hydrogens is 1190 g/mol. The van der Waals surface area contributed by atoms with Gasteiger partial charge in [-0.3, -0.25) is 0 Å². The summed E-state index contributed by atoms with van der Waals surface area (Å²) in [7, 11) is 0. The molecule has 3 heterocycles. The zero-order valence-corrected chi connectivity index (χ0v) is 60.4. The monoisotopic (exact) mass is 1300 g/mol. The summed E-state index contributed by atoms with van der Waals surface area (Å²) in [6, 6.07) is 58.5. The molecule has 0 amide bonds. The Kier molecular flexibility index (Phi) is 22.8. The number of nitrogen functional groups attached to an aromatic ring is 2. The van der Waals surface area contributed by atoms with E-state index in [0.29, 0.717) is 6.54 Å². The molecule has 6 N–H and O–H groups in total. The Labute approximate surface area is 575 Å². The lowest BCUT2D eigenvalue weighted by molar-refractivity contribution is 0.604. The second-order valence-electron chi connectivity index (χ2n) is 25.0. The number of nitrogens with two attached hydrogens (primary N) is 3. The van der Waals surface area contributed by atoms with Crippen molar-refractivity contribution in [1.82, 2.24) is 13.7 Å². The predicted octanol–water partition coefficient (Wildman–Crippen LogP) is 17.1. The third-order valence-corrected chi connectivity index (χ3v) is 19.7. The number of anilines is 5. The molecule has 6 aromatic rings. The van der Waals surface area contributed by atoms with E-state index < -0.39 is 0 Å². The highest BCUT2D eigenvalue weighted by atomic mass is 16.3. The molecule has 12 nitrogen and oxygen atoms in total. The van der Waals surface area contributed by atoms with E-state index in [-0.39, 0.29) is 0 Å². The highest BCUT2D eigenvalue weighted by molar-refractivity contribution is 6.06. The maximum absolute atomic E-state index is 6.58. The van der Waals surface area contributed by atoms with Crippen molar-refractivity contribution in [2.75, 3.05) is 105 Å². The molecule has 0 atom stereocenters. The molecule has 504 valence electrons. The van der Waals surface area contributed by atoms with Crippen LogP contribution in [0.25, 0.3) is 100 Å². The molecule has 97 heavy (non-hydrogen) atoms. The predicted molar refractivity (Wildman–Crippen MR) is 415 cm³/mol. The van der Waals surface area contributed by atoms with Crippen molar-refractivity contribution in [2.24, 2.45) is 5.73 Å². The van der Waals surface area contributed by atoms with Gasteiger partial charge in [0, 0.05) is 160 Å². The highest BCUT2D eigenvalue weighted by Gasteiger charge is 2.25. The van der Waals surface area contributed by atoms with Crippen LogP contribution in [0.2, 0.25) is 0 Å². The lowest BCUT2D eigenvalue weighted by atomic mass is 9.90. The van der Waals surface area contributed by atoms with Crippen molar-refractivity contribution in [3.05, 3.63) is 202 Å². The van der Waals surface area contributed by atoms with Gasteiger partial charge in [-0.2, -0.15) is 0 Å². The summed E-state index contributed by atoms with van der Waals surface area (Å²) in [6.45, 7) is 44.8. The fraction of sp³-hybridized carbons (Fsp3) is 0.329. The second-order valence-corrected chi connectivity index (χ2v) is 25.0. The lowest BCUT2D eigenvalue weighted by Gasteiger charge is -2.22. The van der Waals surface area contributed by atoms with Crippen LogP contribution in [0.4, 0.5) is 28.4 Å². The standard InChI is InChI=1S/C29H36N3O.C28H33N3O.C28H34N3O/c1-6-31(7-2)22-11-14-25-27(17-22)33-28-18-23(32(8-3)9-4)12-15-26(28)29(25)24-13-10-21(19-30)16-20(24)5;1-6-30(7-2)21-11-14-24-26(17-21)32-27-18-22(31(8-3)9-4)12-15-25(27)28(24)23-13-10-20(29)16-19(23)5;1-6-30(7-2)21-12-14-23-26(17-21)32-27-18-22(31(8-3)9-4)13-15-24(27)28(23)25-16-20(29)11-10-19(25)5/h10-18H,6-9,19,30H2,1-5H3;10-18,29H,6-9H2,1-5H3;10-18H,6-9,29H2,1-5H3/q+1;;+1/p+1. The molecular formula is C85H104N9O3+3. The Morgan fingerprint density at radius 3 is 0.959 bits per heavy atom. The molecule has 0 saturated heterocycles. The van der Waals surface area contributed by atoms with Gasteiger partial charge in [-0.1, -0.05) is 30.3 Å². The van der Waals surface area contributed by atoms with Crippen LogP contribution in [0, 0.1) is 20.8 Å². The van der Waals surface area contributed by atoms with Gasteiger partial charge in [0.05, 0.1) is 18.2 Å². The average Bonchev–Trinajstić information content (AvgIpc) is 0.765. The van der Waals surface area contributed by atoms with Crippen LogP contribution < -0.4 is 61.7 Å². The van der Waals surface area contributed by atoms with Gasteiger partial charge in [0.15, 0.2) is 0 Å². The summed E-state index contributed by atoms with van der Waals surface area (Å²) in [5.74, 6) is 2.72. The third-order valence-electron chi connectivity index (χ3n) is 19.7. The SMILES string of the molecule is CCN(CC)c1ccc2c(-c3cc(N)ccc3C)c3ccc(=[N+](CC)CC)cc-3oc2c1.CCN(CC)c1ccc2c(-c3ccc(CN)cc3C)c3ccc(=[N+](CC)CC)cc-3oc2c1.CCN(CC)c1ccc2c(-c3ccc(N)cc3C)c3ccc(=[N+](CC)CC)cc-3oc2c1. The molecule has 0 unspecified atom stereocenters. The Morgan fingerprint density at radius 2 is 0.629 bits per heavy atom. The van der Waals surface area contributed by atoms with Crippen molar-refractivity contribution in [3.63, 3.8) is 0 Å². The number of nitrogens with zero attached hydrogens (tertiary/aromatic N) is 6. The number of fused-ring (bicyclic) bond motifs is 6. The Hall–Kier alpha value is -9.65. The van der Waals surface area contributed by atoms with E-state index in [1.807, 2.05) is 18.2 Å². The van der Waals surface area contributed by atoms with E-state index in [0.717, 1.165) is 168 Å². The summed E-state index contributed by atoms with van der Waals surface area (Å²) in [5.41, 5.74) is 41.3. The van der Waals surface area contributed by atoms with Gasteiger partial charge in [0.1, 0.15) is 73.3 Å². The average molecular weight is 1300 g/mol. The molecule has 12 heteroatoms. The van der Waals surface area contributed by atoms with Crippen LogP contribution in [0.3, 0.4) is 0 Å². The number of benzene rings is 9. The molecule has 6 aromatic carbocycles. The summed E-state index contributed by atoms with van der Waals surface area (Å²) >= 11 is 0. The third kappa shape index (κ3) is 14.6. The Balaban J connectivity index is 0.000000158. The number of rotatable bonds is 19. The first-order chi connectivity index (χ1) is 47.0. The number of hydrogen-bond acceptors (Lipinski definition) is 9. The summed E-state index contributed by atoms with van der Waals surface area (Å²) in [4.78, 5) is 7.04. The van der Waals surface area contributed by atoms with E-state index in [1.165, 1.54) is 77.6 Å². The lowest BCUT2D eigenvalue weighted by Crippen LogP contribution is -2.29. The molecule has 0 fully saturated rings. The van der Waals surface area contributed by atoms with Crippen LogP contribution in [0.15, 0.2) is 177 Å². The molecule has 6 aliphatic rings. The minimum atomic E-state index is 0.549. The van der Waals surface area contributed by atoms with E-state index in [1.54, 1.807) is 0 Å². The van der Waals surface area contributed by atoms with Crippen molar-refractivity contribution < 1.29 is 13.3 Å². The van der Waals surface area contributed by atoms with Gasteiger partial charge in [0.25, 0.3) is 0 Å². The number of hydrogen-bond donors (Lipinski definition) is 3. The minimum Gasteiger partial charge on any atom is -0.456 e. The van der Waals surface area contributed by atoms with Crippen LogP contribution in [-0.4, -0.2) is 78.5 Å². The van der Waals surface area contributed by atoms with Gasteiger partial charge < -0.3 is 45.2 Å². The van der Waals surface area contributed by atoms with Crippen LogP contribution in [-0.2, 0) is 6.54 Å². The Morgan fingerprint density at radius 1 is 0.309 bits per heavy atom. The fourth-order valence-electron chi connectivity index (χ4n) is 14.2. The van der Waals surface area contributed by atoms with Gasteiger partial charge in [-0.25, -0.2) is 13.7 Å². The van der Waals surface area contributed by atoms with Gasteiger partial charge in [-0.15, -0.1) is 0 Å². The molecule has 0 radical (unpaired) electrons. The van der Waals surface area contributed by atoms with Crippen molar-refractivity contribution in [1.29, 1.82) is 0 Å². The smallest absolute Gasteiger partial charge is 0.203 e.